The number of hydrogen-bond acceptors (Lipinski definition) is 14. The fourth-order valence-electron chi connectivity index (χ4n) is 8.04. The first-order valence-electron chi connectivity index (χ1n) is 15.9. The van der Waals surface area contributed by atoms with Gasteiger partial charge < -0.3 is 49.8 Å². The van der Waals surface area contributed by atoms with Gasteiger partial charge in [-0.2, -0.15) is 0 Å². The predicted octanol–water partition coefficient (Wildman–Crippen LogP) is 0.200. The van der Waals surface area contributed by atoms with E-state index in [1.807, 2.05) is 0 Å². The third kappa shape index (κ3) is 7.38. The predicted molar refractivity (Wildman–Crippen MR) is 162 cm³/mol. The number of ether oxygens (including phenoxy) is 4. The Balaban J connectivity index is 0.00000417. The van der Waals surface area contributed by atoms with Crippen LogP contribution < -0.4 is 5.32 Å². The van der Waals surface area contributed by atoms with Crippen LogP contribution in [0.15, 0.2) is 11.1 Å². The molecule has 17 heteroatoms. The summed E-state index contributed by atoms with van der Waals surface area (Å²) in [5, 5.41) is 61.3. The molecule has 1 saturated heterocycles. The van der Waals surface area contributed by atoms with E-state index in [9.17, 15) is 44.7 Å². The molecular formula is C31H47Ac2NO13S. The summed E-state index contributed by atoms with van der Waals surface area (Å²) in [4.78, 5) is 52.7. The number of aliphatic hydroxyl groups excluding tert-OH is 3. The van der Waals surface area contributed by atoms with Gasteiger partial charge in [0.05, 0.1) is 30.3 Å². The standard InChI is InChI=1S/C31H47NO13S.2Ac/c1-13(2)20(32-27(39)43-12-46-8)22(36)26(38)45-16-10-31(41)25(44-15(4)33)23-29(7,17(34)9-18-30(23,40)11-42-18)24(37)21(35)19(14(16)3)28(31,5)6;;/h13,16-18,20-23,25,34-36,40-41H,9-12H2,1-8H3,(H,32,39);;/t16?,17-,18+,20-,21+,22+,23-,25-,29+,30-,31+;;/m0../s1/i8T;;. The molecule has 14 nitrogen and oxygen atoms in total. The Bertz CT molecular complexity index is 1320. The van der Waals surface area contributed by atoms with Crippen LogP contribution in [0.4, 0.5) is 4.79 Å². The third-order valence-electron chi connectivity index (χ3n) is 10.8. The topological polar surface area (TPSA) is 218 Å². The van der Waals surface area contributed by atoms with Crippen LogP contribution in [0, 0.1) is 111 Å². The van der Waals surface area contributed by atoms with Crippen molar-refractivity contribution in [2.75, 3.05) is 18.8 Å². The van der Waals surface area contributed by atoms with Gasteiger partial charge in [0.1, 0.15) is 35.5 Å². The Morgan fingerprint density at radius 3 is 2.29 bits per heavy atom. The number of thioether (sulfide) groups is 1. The first-order valence-corrected chi connectivity index (χ1v) is 16.4. The molecule has 2 bridgehead atoms. The molecule has 4 rings (SSSR count). The average Bonchev–Trinajstić information content (AvgIpc) is 2.97. The van der Waals surface area contributed by atoms with E-state index in [1.165, 1.54) is 27.7 Å². The number of ketones is 1. The van der Waals surface area contributed by atoms with E-state index in [0.717, 1.165) is 18.7 Å². The maximum absolute atomic E-state index is 14.3. The zero-order valence-corrected chi connectivity index (χ0v) is 38.6. The summed E-state index contributed by atoms with van der Waals surface area (Å²) in [7, 11) is 0. The van der Waals surface area contributed by atoms with E-state index in [-0.39, 0.29) is 124 Å². The minimum atomic E-state index is -2.22. The minimum absolute atomic E-state index is 0. The maximum Gasteiger partial charge on any atom is 0.408 e. The SMILES string of the molecule is [3H]CSCOC(=O)N[C@@H](C(C)C)[C@@H](O)C(=O)OC1C[C@@]2(O)[C@@H](OC(C)=O)[C@@H]3[C@]4(O)CO[C@@H]4C[C@H](O)[C@@]3(C)C(=O)[C@H](O)C(=C1C)C2(C)C.[Ac].[Ac]. The van der Waals surface area contributed by atoms with Gasteiger partial charge in [-0.1, -0.05) is 27.7 Å². The molecule has 0 spiro atoms. The summed E-state index contributed by atoms with van der Waals surface area (Å²) < 4.78 is 29.2. The van der Waals surface area contributed by atoms with E-state index in [1.54, 1.807) is 13.8 Å². The second-order valence-electron chi connectivity index (χ2n) is 14.0. The van der Waals surface area contributed by atoms with Gasteiger partial charge in [-0.05, 0) is 37.1 Å². The Kier molecular flexibility index (Phi) is 14.6. The van der Waals surface area contributed by atoms with Crippen LogP contribution in [-0.4, -0.2) is 122 Å². The zero-order chi connectivity index (χ0) is 35.4. The molecule has 3 fully saturated rings. The smallest absolute Gasteiger partial charge is 0.408 e. The maximum atomic E-state index is 14.3. The number of rotatable bonds is 8. The second-order valence-corrected chi connectivity index (χ2v) is 14.6. The number of carbonyl (C=O) groups excluding carboxylic acids is 4. The van der Waals surface area contributed by atoms with Crippen molar-refractivity contribution in [3.05, 3.63) is 11.1 Å². The van der Waals surface area contributed by atoms with Crippen molar-refractivity contribution in [3.8, 4) is 0 Å². The summed E-state index contributed by atoms with van der Waals surface area (Å²) in [6.45, 7) is 10.0. The van der Waals surface area contributed by atoms with Crippen LogP contribution in [0.5, 0.6) is 0 Å². The molecule has 48 heavy (non-hydrogen) atoms. The largest absolute Gasteiger partial charge is 0.459 e. The number of Topliss-reactive ketones (excluding diaryl/α,β-unsaturated/α-hetero) is 1. The number of carbonyl (C=O) groups is 4. The Hall–Kier alpha value is 0.613. The van der Waals surface area contributed by atoms with Crippen LogP contribution in [0.3, 0.4) is 0 Å². The van der Waals surface area contributed by atoms with Crippen molar-refractivity contribution in [2.24, 2.45) is 22.7 Å². The molecule has 11 atom stereocenters. The number of aliphatic hydroxyl groups is 5. The molecule has 1 unspecified atom stereocenters. The van der Waals surface area contributed by atoms with E-state index in [4.69, 9.17) is 20.3 Å². The van der Waals surface area contributed by atoms with E-state index < -0.39 is 107 Å². The Morgan fingerprint density at radius 1 is 1.15 bits per heavy atom. The van der Waals surface area contributed by atoms with E-state index in [0.29, 0.717) is 0 Å². The number of fused-ring (bicyclic) bond motifs is 5. The van der Waals surface area contributed by atoms with Crippen LogP contribution in [-0.2, 0) is 33.3 Å². The molecule has 1 heterocycles. The van der Waals surface area contributed by atoms with Crippen molar-refractivity contribution in [1.29, 1.82) is 0 Å². The van der Waals surface area contributed by atoms with Crippen molar-refractivity contribution in [2.45, 2.75) is 115 Å². The fraction of sp³-hybridized carbons (Fsp3) is 0.806. The van der Waals surface area contributed by atoms with E-state index in [2.05, 4.69) is 5.32 Å². The monoisotopic (exact) mass is 1130 g/mol. The van der Waals surface area contributed by atoms with Crippen molar-refractivity contribution >= 4 is 35.6 Å². The number of nitrogens with one attached hydrogen (secondary N) is 1. The molecule has 2 saturated carbocycles. The molecule has 3 aliphatic carbocycles. The Labute approximate surface area is 357 Å². The van der Waals surface area contributed by atoms with Crippen LogP contribution in [0.25, 0.3) is 0 Å². The van der Waals surface area contributed by atoms with Crippen molar-refractivity contribution < 1.29 is 153 Å². The van der Waals surface area contributed by atoms with Gasteiger partial charge in [0.25, 0.3) is 0 Å². The normalized spacial score (nSPS) is 38.1. The minimum Gasteiger partial charge on any atom is -0.459 e. The summed E-state index contributed by atoms with van der Waals surface area (Å²) in [5.74, 6) is -4.99. The van der Waals surface area contributed by atoms with Gasteiger partial charge >= 0.3 is 18.0 Å². The first-order chi connectivity index (χ1) is 21.7. The molecule has 6 N–H and O–H groups in total. The van der Waals surface area contributed by atoms with Crippen LogP contribution in [0.2, 0.25) is 0 Å². The number of esters is 2. The van der Waals surface area contributed by atoms with Gasteiger partial charge in [0.2, 0.25) is 0 Å². The average molecular weight is 1130 g/mol. The molecule has 0 aromatic heterocycles. The summed E-state index contributed by atoms with van der Waals surface area (Å²) in [6.07, 6.45) is -10.9. The molecular weight excluding hydrogens is 1080 g/mol. The molecule has 0 aromatic rings. The molecule has 4 aliphatic rings. The number of hydrogen-bond donors (Lipinski definition) is 6. The molecule has 0 aromatic carbocycles. The van der Waals surface area contributed by atoms with Gasteiger partial charge in [-0.25, -0.2) is 9.59 Å². The molecule has 266 valence electrons. The van der Waals surface area contributed by atoms with Crippen molar-refractivity contribution in [1.82, 2.24) is 5.32 Å². The molecule has 1 aliphatic heterocycles. The van der Waals surface area contributed by atoms with Crippen LogP contribution >= 0.6 is 11.8 Å². The molecule has 1 amide bonds. The number of amides is 1. The molecule has 2 radical (unpaired) electrons. The van der Waals surface area contributed by atoms with Gasteiger partial charge in [-0.15, -0.1) is 11.8 Å². The van der Waals surface area contributed by atoms with Crippen LogP contribution in [0.1, 0.15) is 62.7 Å². The summed E-state index contributed by atoms with van der Waals surface area (Å²) in [5.41, 5.74) is -7.33. The van der Waals surface area contributed by atoms with Gasteiger partial charge in [-0.3, -0.25) is 9.59 Å². The quantitative estimate of drug-likeness (QED) is 0.0630. The fourth-order valence-corrected chi connectivity index (χ4v) is 8.23. The van der Waals surface area contributed by atoms with Gasteiger partial charge in [0, 0.05) is 121 Å². The summed E-state index contributed by atoms with van der Waals surface area (Å²) in [6, 6.07) is -1.17. The zero-order valence-electron chi connectivity index (χ0n) is 29.3. The van der Waals surface area contributed by atoms with E-state index >= 15 is 0 Å². The second kappa shape index (κ2) is 16.3. The van der Waals surface area contributed by atoms with Crippen molar-refractivity contribution in [3.63, 3.8) is 0 Å². The number of alkyl carbamates (subject to hydrolysis) is 1. The summed E-state index contributed by atoms with van der Waals surface area (Å²) >= 11 is 1.02. The van der Waals surface area contributed by atoms with Gasteiger partial charge in [0.15, 0.2) is 11.9 Å². The Morgan fingerprint density at radius 2 is 1.77 bits per heavy atom. The third-order valence-corrected chi connectivity index (χ3v) is 11.1. The first kappa shape index (κ1) is 43.0.